The minimum Gasteiger partial charge on any atom is -0.472 e. The number of hydrogen-bond donors (Lipinski definition) is 1. The average Bonchev–Trinajstić information content (AvgIpc) is 3.23. The number of aliphatic hydroxyl groups excluding tert-OH is 1. The summed E-state index contributed by atoms with van der Waals surface area (Å²) in [6.07, 6.45) is 7.55. The number of allylic oxidation sites excluding steroid dienone is 1. The predicted molar refractivity (Wildman–Crippen MR) is 123 cm³/mol. The van der Waals surface area contributed by atoms with E-state index in [2.05, 4.69) is 9.97 Å². The van der Waals surface area contributed by atoms with Crippen molar-refractivity contribution in [2.75, 3.05) is 26.7 Å². The standard InChI is InChI=1S/C22H31N5O5S/c1-6-7-17-8-18-21(23-9-17)32-19(15(2)10-27(22(18)29)16(3)13-28)11-26(5)33(30,31)20-12-25(4)14-24-20/h6-9,12,14-16,19,28H,10-11,13H2,1-5H3/t15-,16+,19+/m0/s1. The molecule has 3 atom stereocenters. The lowest BCUT2D eigenvalue weighted by molar-refractivity contribution is 0.0373. The molecule has 3 heterocycles. The van der Waals surface area contributed by atoms with Crippen molar-refractivity contribution >= 4 is 22.0 Å². The SMILES string of the molecule is CC=Cc1cnc2c(c1)C(=O)N([C@H](C)CO)C[C@H](C)[C@@H](CN(C)S(=O)(=O)c1cn(C)cn1)O2. The zero-order valence-corrected chi connectivity index (χ0v) is 20.4. The molecule has 0 aliphatic carbocycles. The summed E-state index contributed by atoms with van der Waals surface area (Å²) >= 11 is 0. The average molecular weight is 478 g/mol. The number of aryl methyl sites for hydroxylation is 1. The Bertz CT molecular complexity index is 1130. The molecule has 180 valence electrons. The molecule has 0 aromatic carbocycles. The molecular formula is C22H31N5O5S. The molecule has 2 aromatic heterocycles. The highest BCUT2D eigenvalue weighted by molar-refractivity contribution is 7.89. The van der Waals surface area contributed by atoms with Crippen LogP contribution in [-0.2, 0) is 17.1 Å². The van der Waals surface area contributed by atoms with Gasteiger partial charge in [-0.2, -0.15) is 4.31 Å². The third-order valence-electron chi connectivity index (χ3n) is 5.69. The summed E-state index contributed by atoms with van der Waals surface area (Å²) in [6.45, 7) is 5.64. The number of hydrogen-bond acceptors (Lipinski definition) is 7. The molecule has 1 aliphatic rings. The van der Waals surface area contributed by atoms with Crippen molar-refractivity contribution in [2.24, 2.45) is 13.0 Å². The van der Waals surface area contributed by atoms with Crippen molar-refractivity contribution in [3.8, 4) is 5.88 Å². The minimum absolute atomic E-state index is 0.0351. The molecule has 1 N–H and O–H groups in total. The van der Waals surface area contributed by atoms with Crippen LogP contribution in [0.3, 0.4) is 0 Å². The van der Waals surface area contributed by atoms with E-state index in [1.807, 2.05) is 26.0 Å². The van der Waals surface area contributed by atoms with Crippen molar-refractivity contribution in [2.45, 2.75) is 37.9 Å². The number of likely N-dealkylation sites (N-methyl/N-ethyl adjacent to an activating group) is 1. The van der Waals surface area contributed by atoms with Crippen molar-refractivity contribution in [1.29, 1.82) is 0 Å². The Morgan fingerprint density at radius 1 is 1.39 bits per heavy atom. The first kappa shape index (κ1) is 24.9. The number of aliphatic hydroxyl groups is 1. The van der Waals surface area contributed by atoms with Crippen LogP contribution in [0.2, 0.25) is 0 Å². The van der Waals surface area contributed by atoms with Gasteiger partial charge in [-0.1, -0.05) is 19.1 Å². The van der Waals surface area contributed by atoms with Crippen molar-refractivity contribution in [3.05, 3.63) is 42.0 Å². The number of nitrogens with zero attached hydrogens (tertiary/aromatic N) is 5. The van der Waals surface area contributed by atoms with Crippen LogP contribution in [0.4, 0.5) is 0 Å². The maximum atomic E-state index is 13.3. The number of imidazole rings is 1. The van der Waals surface area contributed by atoms with Gasteiger partial charge in [0.2, 0.25) is 5.88 Å². The zero-order valence-electron chi connectivity index (χ0n) is 19.5. The van der Waals surface area contributed by atoms with E-state index in [4.69, 9.17) is 4.74 Å². The second-order valence-electron chi connectivity index (χ2n) is 8.41. The van der Waals surface area contributed by atoms with Gasteiger partial charge in [0, 0.05) is 39.0 Å². The fourth-order valence-corrected chi connectivity index (χ4v) is 4.80. The molecule has 11 heteroatoms. The van der Waals surface area contributed by atoms with Crippen LogP contribution in [0.15, 0.2) is 35.9 Å². The molecule has 1 amide bonds. The minimum atomic E-state index is -3.83. The highest BCUT2D eigenvalue weighted by Crippen LogP contribution is 2.28. The molecule has 3 rings (SSSR count). The lowest BCUT2D eigenvalue weighted by atomic mass is 10.00. The highest BCUT2D eigenvalue weighted by Gasteiger charge is 2.36. The summed E-state index contributed by atoms with van der Waals surface area (Å²) in [5.41, 5.74) is 1.02. The van der Waals surface area contributed by atoms with Gasteiger partial charge in [-0.05, 0) is 25.5 Å². The number of carbonyl (C=O) groups is 1. The number of fused-ring (bicyclic) bond motifs is 1. The predicted octanol–water partition coefficient (Wildman–Crippen LogP) is 1.39. The van der Waals surface area contributed by atoms with Gasteiger partial charge in [-0.25, -0.2) is 18.4 Å². The van der Waals surface area contributed by atoms with Gasteiger partial charge in [0.15, 0.2) is 5.03 Å². The van der Waals surface area contributed by atoms with Gasteiger partial charge in [-0.3, -0.25) is 4.79 Å². The molecule has 10 nitrogen and oxygen atoms in total. The maximum absolute atomic E-state index is 13.3. The van der Waals surface area contributed by atoms with Gasteiger partial charge in [0.1, 0.15) is 11.7 Å². The van der Waals surface area contributed by atoms with E-state index in [0.717, 1.165) is 5.56 Å². The second-order valence-corrected chi connectivity index (χ2v) is 10.4. The number of sulfonamides is 1. The monoisotopic (exact) mass is 477 g/mol. The number of amides is 1. The van der Waals surface area contributed by atoms with Crippen LogP contribution >= 0.6 is 0 Å². The van der Waals surface area contributed by atoms with Crippen molar-refractivity contribution < 1.29 is 23.1 Å². The summed E-state index contributed by atoms with van der Waals surface area (Å²) in [6, 6.07) is 1.27. The van der Waals surface area contributed by atoms with Gasteiger partial charge in [-0.15, -0.1) is 0 Å². The number of ether oxygens (including phenoxy) is 1. The molecule has 0 spiro atoms. The Labute approximate surface area is 194 Å². The first-order chi connectivity index (χ1) is 15.6. The Hall–Kier alpha value is -2.76. The highest BCUT2D eigenvalue weighted by atomic mass is 32.2. The fourth-order valence-electron chi connectivity index (χ4n) is 3.65. The van der Waals surface area contributed by atoms with Crippen LogP contribution in [0.25, 0.3) is 6.08 Å². The first-order valence-corrected chi connectivity index (χ1v) is 12.2. The van der Waals surface area contributed by atoms with Gasteiger partial charge in [0.25, 0.3) is 15.9 Å². The molecular weight excluding hydrogens is 446 g/mol. The third kappa shape index (κ3) is 5.26. The van der Waals surface area contributed by atoms with Crippen LogP contribution in [0.1, 0.15) is 36.7 Å². The summed E-state index contributed by atoms with van der Waals surface area (Å²) in [5, 5.41) is 9.69. The van der Waals surface area contributed by atoms with Crippen LogP contribution in [0.5, 0.6) is 5.88 Å². The topological polar surface area (TPSA) is 118 Å². The van der Waals surface area contributed by atoms with Crippen molar-refractivity contribution in [1.82, 2.24) is 23.7 Å². The van der Waals surface area contributed by atoms with E-state index < -0.39 is 22.2 Å². The summed E-state index contributed by atoms with van der Waals surface area (Å²) in [5.74, 6) is -0.386. The molecule has 0 bridgehead atoms. The smallest absolute Gasteiger partial charge is 0.261 e. The molecule has 0 fully saturated rings. The van der Waals surface area contributed by atoms with Gasteiger partial charge >= 0.3 is 0 Å². The second kappa shape index (κ2) is 10.0. The van der Waals surface area contributed by atoms with Crippen molar-refractivity contribution in [3.63, 3.8) is 0 Å². The molecule has 0 unspecified atom stereocenters. The van der Waals surface area contributed by atoms with E-state index in [0.29, 0.717) is 0 Å². The van der Waals surface area contributed by atoms with E-state index in [-0.39, 0.29) is 48.0 Å². The van der Waals surface area contributed by atoms with Crippen LogP contribution in [-0.4, -0.2) is 82.1 Å². The third-order valence-corrected chi connectivity index (χ3v) is 7.40. The Kier molecular flexibility index (Phi) is 7.55. The summed E-state index contributed by atoms with van der Waals surface area (Å²) in [7, 11) is -0.655. The van der Waals surface area contributed by atoms with E-state index in [1.54, 1.807) is 35.7 Å². The fraction of sp³-hybridized carbons (Fsp3) is 0.500. The van der Waals surface area contributed by atoms with E-state index in [1.165, 1.54) is 23.9 Å². The van der Waals surface area contributed by atoms with Crippen LogP contribution in [0, 0.1) is 5.92 Å². The van der Waals surface area contributed by atoms with E-state index >= 15 is 0 Å². The Morgan fingerprint density at radius 2 is 2.12 bits per heavy atom. The van der Waals surface area contributed by atoms with Crippen LogP contribution < -0.4 is 4.74 Å². The Morgan fingerprint density at radius 3 is 2.73 bits per heavy atom. The summed E-state index contributed by atoms with van der Waals surface area (Å²) < 4.78 is 34.9. The molecule has 33 heavy (non-hydrogen) atoms. The largest absolute Gasteiger partial charge is 0.472 e. The van der Waals surface area contributed by atoms with Gasteiger partial charge < -0.3 is 19.3 Å². The molecule has 1 aliphatic heterocycles. The molecule has 2 aromatic rings. The number of rotatable bonds is 7. The first-order valence-electron chi connectivity index (χ1n) is 10.7. The quantitative estimate of drug-likeness (QED) is 0.640. The number of pyridine rings is 1. The Balaban J connectivity index is 1.97. The molecule has 0 saturated carbocycles. The number of carbonyl (C=O) groups excluding carboxylic acids is 1. The van der Waals surface area contributed by atoms with Gasteiger partial charge in [0.05, 0.1) is 25.5 Å². The maximum Gasteiger partial charge on any atom is 0.261 e. The zero-order chi connectivity index (χ0) is 24.3. The lowest BCUT2D eigenvalue weighted by Crippen LogP contribution is -2.50. The normalized spacial score (nSPS) is 20.5. The lowest BCUT2D eigenvalue weighted by Gasteiger charge is -2.37. The molecule has 0 saturated heterocycles. The van der Waals surface area contributed by atoms with E-state index in [9.17, 15) is 18.3 Å². The summed E-state index contributed by atoms with van der Waals surface area (Å²) in [4.78, 5) is 23.2. The number of aromatic nitrogens is 3. The molecule has 0 radical (unpaired) electrons.